The Morgan fingerprint density at radius 1 is 1.45 bits per heavy atom. The second-order valence-corrected chi connectivity index (χ2v) is 3.00. The third kappa shape index (κ3) is 1.18. The maximum absolute atomic E-state index is 3.39. The Balaban J connectivity index is 2.19. The van der Waals surface area contributed by atoms with Crippen LogP contribution in [-0.2, 0) is 0 Å². The highest BCUT2D eigenvalue weighted by molar-refractivity contribution is 5.28. The topological polar surface area (TPSA) is 36.1 Å². The standard InChI is InChI=1S/C8H13N3/c1-6-5-10-8-7(11-6)3-2-4-9-8/h2-3,6,9-11H,4-5H2,1H3. The minimum Gasteiger partial charge on any atom is -0.378 e. The highest BCUT2D eigenvalue weighted by atomic mass is 15.2. The van der Waals surface area contributed by atoms with Crippen molar-refractivity contribution in [1.82, 2.24) is 16.0 Å². The summed E-state index contributed by atoms with van der Waals surface area (Å²) in [6, 6.07) is 0.526. The van der Waals surface area contributed by atoms with Gasteiger partial charge >= 0.3 is 0 Å². The first-order valence-electron chi connectivity index (χ1n) is 4.01. The molecule has 3 heteroatoms. The van der Waals surface area contributed by atoms with Crippen LogP contribution in [0.1, 0.15) is 6.92 Å². The van der Waals surface area contributed by atoms with Crippen LogP contribution in [0.3, 0.4) is 0 Å². The summed E-state index contributed by atoms with van der Waals surface area (Å²) < 4.78 is 0. The van der Waals surface area contributed by atoms with Gasteiger partial charge in [0.25, 0.3) is 0 Å². The summed E-state index contributed by atoms with van der Waals surface area (Å²) in [4.78, 5) is 0. The van der Waals surface area contributed by atoms with Crippen molar-refractivity contribution in [2.24, 2.45) is 0 Å². The average Bonchev–Trinajstić information content (AvgIpc) is 2.04. The molecule has 1 unspecified atom stereocenters. The van der Waals surface area contributed by atoms with E-state index in [2.05, 4.69) is 35.0 Å². The summed E-state index contributed by atoms with van der Waals surface area (Å²) in [6.07, 6.45) is 4.24. The normalized spacial score (nSPS) is 28.3. The van der Waals surface area contributed by atoms with Gasteiger partial charge in [0, 0.05) is 19.1 Å². The van der Waals surface area contributed by atoms with Gasteiger partial charge in [-0.05, 0) is 13.0 Å². The summed E-state index contributed by atoms with van der Waals surface area (Å²) in [7, 11) is 0. The van der Waals surface area contributed by atoms with Crippen molar-refractivity contribution in [3.8, 4) is 0 Å². The molecule has 2 rings (SSSR count). The molecule has 2 heterocycles. The summed E-state index contributed by atoms with van der Waals surface area (Å²) in [5.41, 5.74) is 1.19. The van der Waals surface area contributed by atoms with Crippen molar-refractivity contribution in [3.05, 3.63) is 23.7 Å². The highest BCUT2D eigenvalue weighted by Crippen LogP contribution is 2.07. The molecule has 0 aromatic carbocycles. The fourth-order valence-electron chi connectivity index (χ4n) is 1.37. The maximum atomic E-state index is 3.39. The second-order valence-electron chi connectivity index (χ2n) is 3.00. The predicted octanol–water partition coefficient (Wildman–Crippen LogP) is -0.104. The summed E-state index contributed by atoms with van der Waals surface area (Å²) in [6.45, 7) is 4.10. The molecule has 0 fully saturated rings. The van der Waals surface area contributed by atoms with E-state index < -0.39 is 0 Å². The van der Waals surface area contributed by atoms with Crippen LogP contribution in [0.25, 0.3) is 0 Å². The van der Waals surface area contributed by atoms with Gasteiger partial charge in [-0.2, -0.15) is 0 Å². The molecule has 0 amide bonds. The van der Waals surface area contributed by atoms with Crippen LogP contribution in [0.2, 0.25) is 0 Å². The minimum atomic E-state index is 0.526. The molecule has 1 atom stereocenters. The van der Waals surface area contributed by atoms with E-state index in [0.717, 1.165) is 18.9 Å². The van der Waals surface area contributed by atoms with Gasteiger partial charge < -0.3 is 16.0 Å². The Labute approximate surface area is 66.6 Å². The fraction of sp³-hybridized carbons (Fsp3) is 0.500. The predicted molar refractivity (Wildman–Crippen MR) is 44.8 cm³/mol. The molecule has 0 saturated carbocycles. The lowest BCUT2D eigenvalue weighted by molar-refractivity contribution is 0.511. The number of hydrogen-bond donors (Lipinski definition) is 3. The van der Waals surface area contributed by atoms with Crippen LogP contribution >= 0.6 is 0 Å². The number of allylic oxidation sites excluding steroid dienone is 1. The summed E-state index contributed by atoms with van der Waals surface area (Å²) >= 11 is 0. The first-order valence-corrected chi connectivity index (χ1v) is 4.01. The zero-order valence-corrected chi connectivity index (χ0v) is 6.65. The molecule has 60 valence electrons. The molecule has 0 radical (unpaired) electrons. The molecular formula is C8H13N3. The Morgan fingerprint density at radius 2 is 2.36 bits per heavy atom. The number of rotatable bonds is 0. The van der Waals surface area contributed by atoms with Crippen LogP contribution in [0.4, 0.5) is 0 Å². The van der Waals surface area contributed by atoms with Crippen LogP contribution < -0.4 is 16.0 Å². The van der Waals surface area contributed by atoms with E-state index in [1.807, 2.05) is 0 Å². The van der Waals surface area contributed by atoms with Crippen molar-refractivity contribution < 1.29 is 0 Å². The monoisotopic (exact) mass is 151 g/mol. The molecule has 11 heavy (non-hydrogen) atoms. The highest BCUT2D eigenvalue weighted by Gasteiger charge is 2.15. The Kier molecular flexibility index (Phi) is 1.49. The van der Waals surface area contributed by atoms with Gasteiger partial charge in [0.2, 0.25) is 0 Å². The van der Waals surface area contributed by atoms with E-state index in [-0.39, 0.29) is 0 Å². The van der Waals surface area contributed by atoms with Gasteiger partial charge in [-0.15, -0.1) is 0 Å². The van der Waals surface area contributed by atoms with Gasteiger partial charge in [0.05, 0.1) is 5.70 Å². The third-order valence-electron chi connectivity index (χ3n) is 1.94. The smallest absolute Gasteiger partial charge is 0.123 e. The van der Waals surface area contributed by atoms with E-state index >= 15 is 0 Å². The first kappa shape index (κ1) is 6.58. The fourth-order valence-corrected chi connectivity index (χ4v) is 1.37. The molecular weight excluding hydrogens is 138 g/mol. The maximum Gasteiger partial charge on any atom is 0.123 e. The molecule has 0 bridgehead atoms. The second kappa shape index (κ2) is 2.49. The zero-order valence-electron chi connectivity index (χ0n) is 6.65. The lowest BCUT2D eigenvalue weighted by atomic mass is 10.2. The van der Waals surface area contributed by atoms with Crippen LogP contribution in [0, 0.1) is 0 Å². The van der Waals surface area contributed by atoms with E-state index in [1.165, 1.54) is 5.70 Å². The van der Waals surface area contributed by atoms with Gasteiger partial charge in [0.15, 0.2) is 0 Å². The van der Waals surface area contributed by atoms with Gasteiger partial charge in [0.1, 0.15) is 5.82 Å². The molecule has 0 saturated heterocycles. The van der Waals surface area contributed by atoms with E-state index in [4.69, 9.17) is 0 Å². The quantitative estimate of drug-likeness (QED) is 0.452. The third-order valence-corrected chi connectivity index (χ3v) is 1.94. The molecule has 3 N–H and O–H groups in total. The number of dihydropyridines is 1. The molecule has 3 nitrogen and oxygen atoms in total. The van der Waals surface area contributed by atoms with Crippen molar-refractivity contribution in [2.45, 2.75) is 13.0 Å². The molecule has 0 aromatic rings. The summed E-state index contributed by atoms with van der Waals surface area (Å²) in [5, 5.41) is 9.97. The Morgan fingerprint density at radius 3 is 3.27 bits per heavy atom. The molecule has 0 aromatic heterocycles. The van der Waals surface area contributed by atoms with E-state index in [9.17, 15) is 0 Å². The van der Waals surface area contributed by atoms with Crippen molar-refractivity contribution >= 4 is 0 Å². The first-order chi connectivity index (χ1) is 5.36. The molecule has 2 aliphatic rings. The van der Waals surface area contributed by atoms with Crippen molar-refractivity contribution in [3.63, 3.8) is 0 Å². The lowest BCUT2D eigenvalue weighted by Crippen LogP contribution is -2.47. The van der Waals surface area contributed by atoms with Gasteiger partial charge in [-0.3, -0.25) is 0 Å². The number of nitrogens with one attached hydrogen (secondary N) is 3. The largest absolute Gasteiger partial charge is 0.378 e. The minimum absolute atomic E-state index is 0.526. The van der Waals surface area contributed by atoms with Crippen LogP contribution in [-0.4, -0.2) is 19.1 Å². The Bertz CT molecular complexity index is 217. The summed E-state index contributed by atoms with van der Waals surface area (Å²) in [5.74, 6) is 1.14. The Hall–Kier alpha value is -1.12. The number of hydrogen-bond acceptors (Lipinski definition) is 3. The van der Waals surface area contributed by atoms with Crippen LogP contribution in [0.15, 0.2) is 23.7 Å². The zero-order chi connectivity index (χ0) is 7.68. The molecule has 0 spiro atoms. The van der Waals surface area contributed by atoms with E-state index in [1.54, 1.807) is 0 Å². The SMILES string of the molecule is CC1CNC2=C(C=CCN2)N1. The van der Waals surface area contributed by atoms with Gasteiger partial charge in [-0.25, -0.2) is 0 Å². The van der Waals surface area contributed by atoms with E-state index in [0.29, 0.717) is 6.04 Å². The van der Waals surface area contributed by atoms with Crippen LogP contribution in [0.5, 0.6) is 0 Å². The molecule has 2 aliphatic heterocycles. The van der Waals surface area contributed by atoms with Gasteiger partial charge in [-0.1, -0.05) is 6.08 Å². The average molecular weight is 151 g/mol. The lowest BCUT2D eigenvalue weighted by Gasteiger charge is -2.29. The van der Waals surface area contributed by atoms with Crippen molar-refractivity contribution in [2.75, 3.05) is 13.1 Å². The van der Waals surface area contributed by atoms with Crippen molar-refractivity contribution in [1.29, 1.82) is 0 Å². The molecule has 0 aliphatic carbocycles.